The van der Waals surface area contributed by atoms with Crippen LogP contribution in [-0.4, -0.2) is 26.0 Å². The fourth-order valence-corrected chi connectivity index (χ4v) is 3.36. The van der Waals surface area contributed by atoms with Crippen molar-refractivity contribution < 1.29 is 5.11 Å². The molecule has 0 saturated heterocycles. The van der Waals surface area contributed by atoms with Crippen molar-refractivity contribution in [2.24, 2.45) is 4.99 Å². The first-order valence-electron chi connectivity index (χ1n) is 8.06. The molecule has 1 aromatic carbocycles. The molecule has 120 valence electrons. The Kier molecular flexibility index (Phi) is 3.41. The van der Waals surface area contributed by atoms with Crippen molar-refractivity contribution >= 4 is 22.3 Å². The minimum Gasteiger partial charge on any atom is -0.508 e. The summed E-state index contributed by atoms with van der Waals surface area (Å²) in [4.78, 5) is 8.12. The van der Waals surface area contributed by atoms with Gasteiger partial charge in [-0.1, -0.05) is 31.2 Å². The second kappa shape index (κ2) is 5.60. The Labute approximate surface area is 139 Å². The number of phenols is 1. The Bertz CT molecular complexity index is 984. The van der Waals surface area contributed by atoms with Crippen LogP contribution in [0.5, 0.6) is 5.75 Å². The molecule has 3 heterocycles. The van der Waals surface area contributed by atoms with Gasteiger partial charge >= 0.3 is 0 Å². The Morgan fingerprint density at radius 3 is 2.88 bits per heavy atom. The second-order valence-electron chi connectivity index (χ2n) is 5.93. The highest BCUT2D eigenvalue weighted by molar-refractivity contribution is 6.26. The second-order valence-corrected chi connectivity index (χ2v) is 5.93. The van der Waals surface area contributed by atoms with E-state index in [4.69, 9.17) is 4.99 Å². The lowest BCUT2D eigenvalue weighted by molar-refractivity contribution is 0.465. The molecule has 0 fully saturated rings. The molecule has 3 aromatic rings. The van der Waals surface area contributed by atoms with Crippen molar-refractivity contribution in [3.8, 4) is 5.75 Å². The van der Waals surface area contributed by atoms with E-state index < -0.39 is 0 Å². The highest BCUT2D eigenvalue weighted by atomic mass is 16.3. The van der Waals surface area contributed by atoms with E-state index in [-0.39, 0.29) is 11.8 Å². The van der Waals surface area contributed by atoms with Crippen LogP contribution in [0.2, 0.25) is 0 Å². The monoisotopic (exact) mass is 318 g/mol. The molecule has 1 atom stereocenters. The first kappa shape index (κ1) is 14.6. The average molecular weight is 318 g/mol. The zero-order chi connectivity index (χ0) is 16.7. The smallest absolute Gasteiger partial charge is 0.160 e. The lowest BCUT2D eigenvalue weighted by Crippen LogP contribution is -2.01. The van der Waals surface area contributed by atoms with Gasteiger partial charge in [-0.2, -0.15) is 5.10 Å². The lowest BCUT2D eigenvalue weighted by Gasteiger charge is -2.13. The largest absolute Gasteiger partial charge is 0.508 e. The fraction of sp³-hybridized carbons (Fsp3) is 0.211. The zero-order valence-electron chi connectivity index (χ0n) is 13.6. The van der Waals surface area contributed by atoms with Gasteiger partial charge in [-0.05, 0) is 19.4 Å². The highest BCUT2D eigenvalue weighted by Crippen LogP contribution is 2.41. The maximum atomic E-state index is 10.3. The molecule has 0 radical (unpaired) electrons. The predicted octanol–water partition coefficient (Wildman–Crippen LogP) is 4.02. The first-order chi connectivity index (χ1) is 11.7. The van der Waals surface area contributed by atoms with Crippen molar-refractivity contribution in [3.63, 3.8) is 0 Å². The molecule has 2 aromatic heterocycles. The zero-order valence-corrected chi connectivity index (χ0v) is 13.6. The molecule has 4 rings (SSSR count). The summed E-state index contributed by atoms with van der Waals surface area (Å²) in [7, 11) is 0. The minimum absolute atomic E-state index is 0.250. The number of benzene rings is 1. The van der Waals surface area contributed by atoms with Gasteiger partial charge in [0, 0.05) is 39.6 Å². The molecular formula is C19H18N4O. The van der Waals surface area contributed by atoms with E-state index >= 15 is 0 Å². The maximum Gasteiger partial charge on any atom is 0.160 e. The van der Waals surface area contributed by atoms with Gasteiger partial charge in [-0.25, -0.2) is 0 Å². The minimum atomic E-state index is -0.273. The number of nitrogens with one attached hydrogen (secondary N) is 1. The van der Waals surface area contributed by atoms with Gasteiger partial charge in [0.25, 0.3) is 0 Å². The number of aliphatic imine (C=N–C) groups is 1. The van der Waals surface area contributed by atoms with Gasteiger partial charge < -0.3 is 10.1 Å². The van der Waals surface area contributed by atoms with Crippen LogP contribution in [0.1, 0.15) is 43.0 Å². The summed E-state index contributed by atoms with van der Waals surface area (Å²) in [5, 5.41) is 19.7. The number of phenolic OH excluding ortho intramolecular Hbond substituents is 1. The average Bonchev–Trinajstić information content (AvgIpc) is 2.97. The van der Waals surface area contributed by atoms with E-state index in [0.717, 1.165) is 45.4 Å². The third-order valence-electron chi connectivity index (χ3n) is 4.44. The molecule has 24 heavy (non-hydrogen) atoms. The van der Waals surface area contributed by atoms with Gasteiger partial charge in [0.2, 0.25) is 0 Å². The fourth-order valence-electron chi connectivity index (χ4n) is 3.36. The van der Waals surface area contributed by atoms with Crippen LogP contribution in [0.3, 0.4) is 0 Å². The Morgan fingerprint density at radius 2 is 2.08 bits per heavy atom. The quantitative estimate of drug-likeness (QED) is 0.749. The predicted molar refractivity (Wildman–Crippen MR) is 95.2 cm³/mol. The summed E-state index contributed by atoms with van der Waals surface area (Å²) < 4.78 is 0. The van der Waals surface area contributed by atoms with Gasteiger partial charge in [0.15, 0.2) is 5.65 Å². The number of hydrogen-bond donors (Lipinski definition) is 2. The molecule has 1 aliphatic rings. The summed E-state index contributed by atoms with van der Waals surface area (Å²) in [5.41, 5.74) is 5.60. The van der Waals surface area contributed by atoms with E-state index in [1.54, 1.807) is 12.3 Å². The van der Waals surface area contributed by atoms with Crippen LogP contribution in [-0.2, 0) is 0 Å². The summed E-state index contributed by atoms with van der Waals surface area (Å²) in [6.07, 6.45) is 6.80. The number of aromatic amines is 1. The summed E-state index contributed by atoms with van der Waals surface area (Å²) in [6, 6.07) is 7.08. The van der Waals surface area contributed by atoms with Gasteiger partial charge in [0.1, 0.15) is 11.8 Å². The summed E-state index contributed by atoms with van der Waals surface area (Å²) >= 11 is 0. The van der Waals surface area contributed by atoms with Crippen LogP contribution in [0.15, 0.2) is 47.7 Å². The van der Waals surface area contributed by atoms with Gasteiger partial charge in [0.05, 0.1) is 6.20 Å². The Balaban J connectivity index is 2.07. The van der Waals surface area contributed by atoms with E-state index in [2.05, 4.69) is 28.2 Å². The molecule has 0 spiro atoms. The third-order valence-corrected chi connectivity index (χ3v) is 4.44. The number of aromatic hydroxyl groups is 1. The van der Waals surface area contributed by atoms with Crippen LogP contribution < -0.4 is 0 Å². The van der Waals surface area contributed by atoms with E-state index in [1.807, 2.05) is 31.3 Å². The number of H-pyrrole nitrogens is 1. The summed E-state index contributed by atoms with van der Waals surface area (Å²) in [6.45, 7) is 4.12. The normalized spacial score (nSPS) is 18.7. The number of allylic oxidation sites excluding steroid dienone is 2. The molecule has 1 aliphatic heterocycles. The number of aromatic nitrogens is 3. The topological polar surface area (TPSA) is 74.2 Å². The maximum absolute atomic E-state index is 10.3. The van der Waals surface area contributed by atoms with Crippen LogP contribution >= 0.6 is 0 Å². The number of nitrogens with zero attached hydrogens (tertiary/aromatic N) is 3. The highest BCUT2D eigenvalue weighted by Gasteiger charge is 2.27. The van der Waals surface area contributed by atoms with Crippen LogP contribution in [0.25, 0.3) is 16.6 Å². The van der Waals surface area contributed by atoms with Crippen molar-refractivity contribution in [1.82, 2.24) is 15.2 Å². The lowest BCUT2D eigenvalue weighted by atomic mass is 9.96. The molecule has 2 N–H and O–H groups in total. The molecule has 0 aliphatic carbocycles. The molecule has 1 unspecified atom stereocenters. The molecule has 5 heteroatoms. The van der Waals surface area contributed by atoms with E-state index in [1.165, 1.54) is 0 Å². The van der Waals surface area contributed by atoms with E-state index in [0.29, 0.717) is 0 Å². The molecule has 5 nitrogen and oxygen atoms in total. The first-order valence-corrected chi connectivity index (χ1v) is 8.06. The van der Waals surface area contributed by atoms with Crippen molar-refractivity contribution in [1.29, 1.82) is 0 Å². The molecule has 0 saturated carbocycles. The standard InChI is InChI=1S/C19H18N4O/c1-3-6-12-11(2)22-18(13-7-4-5-8-16(13)24)15-9-20-19-17(15)14(12)10-21-23-19/h4-10,18,24H,3H2,1-2H3,(H,20,23)/b12-6+. The van der Waals surface area contributed by atoms with E-state index in [9.17, 15) is 5.11 Å². The molecule has 0 bridgehead atoms. The number of rotatable bonds is 2. The Hall–Kier alpha value is -2.95. The van der Waals surface area contributed by atoms with Crippen molar-refractivity contribution in [3.05, 3.63) is 59.4 Å². The van der Waals surface area contributed by atoms with Crippen LogP contribution in [0.4, 0.5) is 0 Å². The van der Waals surface area contributed by atoms with Crippen molar-refractivity contribution in [2.75, 3.05) is 0 Å². The Morgan fingerprint density at radius 1 is 1.25 bits per heavy atom. The van der Waals surface area contributed by atoms with Gasteiger partial charge in [-0.3, -0.25) is 4.99 Å². The summed E-state index contributed by atoms with van der Waals surface area (Å²) in [5.74, 6) is 0.250. The van der Waals surface area contributed by atoms with Gasteiger partial charge in [-0.15, -0.1) is 5.10 Å². The molecule has 0 amide bonds. The number of para-hydroxylation sites is 1. The van der Waals surface area contributed by atoms with Crippen LogP contribution in [0, 0.1) is 0 Å². The number of hydrogen-bond acceptors (Lipinski definition) is 4. The molecular weight excluding hydrogens is 300 g/mol. The van der Waals surface area contributed by atoms with Crippen molar-refractivity contribution in [2.45, 2.75) is 26.3 Å². The SMILES string of the molecule is CC/C=C1\C(C)=NC(c2ccccc2O)c2c[nH]c3nncc1c23. The third kappa shape index (κ3) is 2.12.